The van der Waals surface area contributed by atoms with Crippen molar-refractivity contribution < 1.29 is 0 Å². The maximum absolute atomic E-state index is 2.35. The zero-order valence-corrected chi connectivity index (χ0v) is 10.3. The van der Waals surface area contributed by atoms with Crippen molar-refractivity contribution in [3.8, 4) is 0 Å². The Kier molecular flexibility index (Phi) is 4.90. The third-order valence-corrected chi connectivity index (χ3v) is 3.27. The predicted octanol–water partition coefficient (Wildman–Crippen LogP) is 1.92. The van der Waals surface area contributed by atoms with Gasteiger partial charge in [0.25, 0.3) is 0 Å². The minimum Gasteiger partial charge on any atom is -0.309 e. The standard InChI is InChI=1S/C12H26N2/c1-13(2)9-11-7-5-6-8-12(11)10-14(3)4/h11-12H,5-10H2,1-4H3/t11-,12+. The number of nitrogens with zero attached hydrogens (tertiary/aromatic N) is 2. The number of rotatable bonds is 4. The highest BCUT2D eigenvalue weighted by Gasteiger charge is 2.25. The Bertz CT molecular complexity index is 136. The van der Waals surface area contributed by atoms with Crippen LogP contribution in [0, 0.1) is 11.8 Å². The lowest BCUT2D eigenvalue weighted by Crippen LogP contribution is -2.35. The van der Waals surface area contributed by atoms with Gasteiger partial charge < -0.3 is 9.80 Å². The van der Waals surface area contributed by atoms with Crippen molar-refractivity contribution in [1.82, 2.24) is 9.80 Å². The summed E-state index contributed by atoms with van der Waals surface area (Å²) in [6.07, 6.45) is 5.78. The molecule has 1 rings (SSSR count). The van der Waals surface area contributed by atoms with Crippen LogP contribution in [0.4, 0.5) is 0 Å². The molecule has 0 aromatic heterocycles. The largest absolute Gasteiger partial charge is 0.309 e. The van der Waals surface area contributed by atoms with Crippen LogP contribution in [0.25, 0.3) is 0 Å². The topological polar surface area (TPSA) is 6.48 Å². The van der Waals surface area contributed by atoms with Crippen molar-refractivity contribution in [3.05, 3.63) is 0 Å². The normalized spacial score (nSPS) is 28.7. The fourth-order valence-electron chi connectivity index (χ4n) is 2.70. The third-order valence-electron chi connectivity index (χ3n) is 3.27. The summed E-state index contributed by atoms with van der Waals surface area (Å²) in [7, 11) is 8.78. The average molecular weight is 198 g/mol. The Morgan fingerprint density at radius 3 is 1.43 bits per heavy atom. The molecule has 1 saturated carbocycles. The van der Waals surface area contributed by atoms with E-state index in [1.165, 1.54) is 38.8 Å². The van der Waals surface area contributed by atoms with Crippen LogP contribution in [0.5, 0.6) is 0 Å². The summed E-state index contributed by atoms with van der Waals surface area (Å²) in [5, 5.41) is 0. The number of hydrogen-bond donors (Lipinski definition) is 0. The van der Waals surface area contributed by atoms with Crippen molar-refractivity contribution in [1.29, 1.82) is 0 Å². The summed E-state index contributed by atoms with van der Waals surface area (Å²) in [5.41, 5.74) is 0. The molecule has 0 heterocycles. The van der Waals surface area contributed by atoms with E-state index >= 15 is 0 Å². The van der Waals surface area contributed by atoms with Crippen molar-refractivity contribution >= 4 is 0 Å². The highest BCUT2D eigenvalue weighted by atomic mass is 15.1. The molecule has 0 bridgehead atoms. The summed E-state index contributed by atoms with van der Waals surface area (Å²) < 4.78 is 0. The van der Waals surface area contributed by atoms with Crippen LogP contribution in [-0.4, -0.2) is 51.1 Å². The van der Waals surface area contributed by atoms with Crippen LogP contribution < -0.4 is 0 Å². The van der Waals surface area contributed by atoms with Gasteiger partial charge in [0.1, 0.15) is 0 Å². The molecule has 84 valence electrons. The van der Waals surface area contributed by atoms with Crippen LogP contribution in [0.1, 0.15) is 25.7 Å². The van der Waals surface area contributed by atoms with Crippen LogP contribution in [0.15, 0.2) is 0 Å². The highest BCUT2D eigenvalue weighted by Crippen LogP contribution is 2.30. The maximum atomic E-state index is 2.35. The summed E-state index contributed by atoms with van der Waals surface area (Å²) in [6, 6.07) is 0. The molecule has 0 N–H and O–H groups in total. The molecule has 1 fully saturated rings. The Morgan fingerprint density at radius 2 is 1.14 bits per heavy atom. The molecule has 2 nitrogen and oxygen atoms in total. The molecule has 0 spiro atoms. The van der Waals surface area contributed by atoms with E-state index in [9.17, 15) is 0 Å². The van der Waals surface area contributed by atoms with Gasteiger partial charge in [-0.2, -0.15) is 0 Å². The first-order valence-corrected chi connectivity index (χ1v) is 5.89. The zero-order chi connectivity index (χ0) is 10.6. The Balaban J connectivity index is 2.41. The van der Waals surface area contributed by atoms with Crippen molar-refractivity contribution in [2.24, 2.45) is 11.8 Å². The first-order chi connectivity index (χ1) is 6.59. The lowest BCUT2D eigenvalue weighted by atomic mass is 9.79. The van der Waals surface area contributed by atoms with E-state index in [4.69, 9.17) is 0 Å². The van der Waals surface area contributed by atoms with Gasteiger partial charge in [-0.15, -0.1) is 0 Å². The molecular formula is C12H26N2. The minimum absolute atomic E-state index is 0.932. The molecule has 0 radical (unpaired) electrons. The quantitative estimate of drug-likeness (QED) is 0.681. The summed E-state index contributed by atoms with van der Waals surface area (Å²) in [4.78, 5) is 4.69. The highest BCUT2D eigenvalue weighted by molar-refractivity contribution is 4.78. The van der Waals surface area contributed by atoms with Crippen molar-refractivity contribution in [2.75, 3.05) is 41.3 Å². The van der Waals surface area contributed by atoms with E-state index in [0.717, 1.165) is 11.8 Å². The Labute approximate surface area is 89.3 Å². The van der Waals surface area contributed by atoms with Gasteiger partial charge in [0.15, 0.2) is 0 Å². The molecule has 0 unspecified atom stereocenters. The monoisotopic (exact) mass is 198 g/mol. The van der Waals surface area contributed by atoms with Crippen molar-refractivity contribution in [3.63, 3.8) is 0 Å². The van der Waals surface area contributed by atoms with Gasteiger partial charge in [-0.25, -0.2) is 0 Å². The van der Waals surface area contributed by atoms with Gasteiger partial charge in [-0.3, -0.25) is 0 Å². The van der Waals surface area contributed by atoms with Crippen LogP contribution in [0.2, 0.25) is 0 Å². The second-order valence-corrected chi connectivity index (χ2v) is 5.33. The maximum Gasteiger partial charge on any atom is 0.000669 e. The zero-order valence-electron chi connectivity index (χ0n) is 10.3. The van der Waals surface area contributed by atoms with Crippen LogP contribution in [0.3, 0.4) is 0 Å². The molecule has 0 aliphatic heterocycles. The second kappa shape index (κ2) is 5.72. The molecule has 14 heavy (non-hydrogen) atoms. The van der Waals surface area contributed by atoms with E-state index in [2.05, 4.69) is 38.0 Å². The van der Waals surface area contributed by atoms with Gasteiger partial charge in [-0.05, 0) is 52.9 Å². The molecular weight excluding hydrogens is 172 g/mol. The van der Waals surface area contributed by atoms with Crippen molar-refractivity contribution in [2.45, 2.75) is 25.7 Å². The molecule has 1 aliphatic rings. The summed E-state index contributed by atoms with van der Waals surface area (Å²) in [5.74, 6) is 1.86. The van der Waals surface area contributed by atoms with Gasteiger partial charge in [-0.1, -0.05) is 12.8 Å². The van der Waals surface area contributed by atoms with Crippen LogP contribution in [-0.2, 0) is 0 Å². The molecule has 0 aromatic rings. The molecule has 0 amide bonds. The van der Waals surface area contributed by atoms with E-state index in [1.54, 1.807) is 0 Å². The van der Waals surface area contributed by atoms with Gasteiger partial charge >= 0.3 is 0 Å². The second-order valence-electron chi connectivity index (χ2n) is 5.33. The fraction of sp³-hybridized carbons (Fsp3) is 1.00. The third kappa shape index (κ3) is 3.97. The SMILES string of the molecule is CN(C)C[C@H]1CCCC[C@H]1CN(C)C. The average Bonchev–Trinajstić information content (AvgIpc) is 2.06. The fourth-order valence-corrected chi connectivity index (χ4v) is 2.70. The molecule has 2 atom stereocenters. The Hall–Kier alpha value is -0.0800. The molecule has 1 aliphatic carbocycles. The molecule has 0 saturated heterocycles. The smallest absolute Gasteiger partial charge is 0.000669 e. The van der Waals surface area contributed by atoms with Gasteiger partial charge in [0.05, 0.1) is 0 Å². The first kappa shape index (κ1) is 12.0. The number of hydrogen-bond acceptors (Lipinski definition) is 2. The van der Waals surface area contributed by atoms with E-state index < -0.39 is 0 Å². The van der Waals surface area contributed by atoms with E-state index in [1.807, 2.05) is 0 Å². The predicted molar refractivity (Wildman–Crippen MR) is 62.6 cm³/mol. The van der Waals surface area contributed by atoms with Gasteiger partial charge in [0.2, 0.25) is 0 Å². The Morgan fingerprint density at radius 1 is 0.786 bits per heavy atom. The summed E-state index contributed by atoms with van der Waals surface area (Å²) in [6.45, 7) is 2.55. The summed E-state index contributed by atoms with van der Waals surface area (Å²) >= 11 is 0. The van der Waals surface area contributed by atoms with Gasteiger partial charge in [0, 0.05) is 13.1 Å². The first-order valence-electron chi connectivity index (χ1n) is 5.89. The minimum atomic E-state index is 0.932. The molecule has 2 heteroatoms. The van der Waals surface area contributed by atoms with Crippen LogP contribution >= 0.6 is 0 Å². The van der Waals surface area contributed by atoms with E-state index in [-0.39, 0.29) is 0 Å². The lowest BCUT2D eigenvalue weighted by Gasteiger charge is -2.35. The van der Waals surface area contributed by atoms with E-state index in [0.29, 0.717) is 0 Å². The lowest BCUT2D eigenvalue weighted by molar-refractivity contribution is 0.153. The molecule has 0 aromatic carbocycles.